The van der Waals surface area contributed by atoms with Gasteiger partial charge in [0.15, 0.2) is 0 Å². The number of benzene rings is 2. The van der Waals surface area contributed by atoms with Crippen LogP contribution in [0.15, 0.2) is 54.6 Å². The van der Waals surface area contributed by atoms with Crippen molar-refractivity contribution in [2.45, 2.75) is 39.2 Å². The highest BCUT2D eigenvalue weighted by atomic mass is 16.1. The number of hydrogen-bond donors (Lipinski definition) is 2. The highest BCUT2D eigenvalue weighted by molar-refractivity contribution is 5.78. The number of nitrogens with zero attached hydrogens (tertiary/aromatic N) is 3. The van der Waals surface area contributed by atoms with E-state index in [0.29, 0.717) is 19.3 Å². The number of aromatic amines is 1. The lowest BCUT2D eigenvalue weighted by Gasteiger charge is -2.19. The van der Waals surface area contributed by atoms with Gasteiger partial charge >= 0.3 is 0 Å². The van der Waals surface area contributed by atoms with Crippen molar-refractivity contribution in [1.82, 2.24) is 25.1 Å². The summed E-state index contributed by atoms with van der Waals surface area (Å²) in [5.74, 6) is 0.882. The second-order valence-electron chi connectivity index (χ2n) is 7.74. The Labute approximate surface area is 176 Å². The summed E-state index contributed by atoms with van der Waals surface area (Å²) in [5.41, 5.74) is 6.26. The molecular formula is C24H27N5O. The Morgan fingerprint density at radius 1 is 1.10 bits per heavy atom. The number of hydrogen-bond acceptors (Lipinski definition) is 3. The molecule has 0 radical (unpaired) electrons. The van der Waals surface area contributed by atoms with Gasteiger partial charge in [0.05, 0.1) is 22.8 Å². The van der Waals surface area contributed by atoms with Gasteiger partial charge in [-0.2, -0.15) is 5.10 Å². The molecule has 2 aromatic carbocycles. The van der Waals surface area contributed by atoms with E-state index in [2.05, 4.69) is 38.3 Å². The zero-order valence-electron chi connectivity index (χ0n) is 17.6. The van der Waals surface area contributed by atoms with E-state index in [0.717, 1.165) is 39.4 Å². The number of fused-ring (bicyclic) bond motifs is 1. The van der Waals surface area contributed by atoms with E-state index >= 15 is 0 Å². The minimum absolute atomic E-state index is 0.0167. The molecule has 0 saturated carbocycles. The molecule has 1 amide bonds. The molecule has 30 heavy (non-hydrogen) atoms. The fourth-order valence-electron chi connectivity index (χ4n) is 3.98. The first-order chi connectivity index (χ1) is 14.5. The third-order valence-corrected chi connectivity index (χ3v) is 5.63. The van der Waals surface area contributed by atoms with E-state index in [-0.39, 0.29) is 11.9 Å². The van der Waals surface area contributed by atoms with Gasteiger partial charge in [-0.3, -0.25) is 9.89 Å². The molecule has 2 aromatic heterocycles. The van der Waals surface area contributed by atoms with Crippen LogP contribution in [0.5, 0.6) is 0 Å². The van der Waals surface area contributed by atoms with Gasteiger partial charge in [-0.1, -0.05) is 42.5 Å². The average molecular weight is 402 g/mol. The second-order valence-corrected chi connectivity index (χ2v) is 7.74. The van der Waals surface area contributed by atoms with Crippen LogP contribution in [-0.2, 0) is 24.7 Å². The van der Waals surface area contributed by atoms with Gasteiger partial charge in [-0.15, -0.1) is 0 Å². The molecule has 6 nitrogen and oxygen atoms in total. The van der Waals surface area contributed by atoms with E-state index in [1.807, 2.05) is 57.3 Å². The average Bonchev–Trinajstić information content (AvgIpc) is 3.26. The number of rotatable bonds is 7. The Morgan fingerprint density at radius 2 is 1.83 bits per heavy atom. The van der Waals surface area contributed by atoms with Gasteiger partial charge in [0.2, 0.25) is 5.91 Å². The number of aromatic nitrogens is 4. The minimum atomic E-state index is -0.205. The highest BCUT2D eigenvalue weighted by Crippen LogP contribution is 2.23. The summed E-state index contributed by atoms with van der Waals surface area (Å²) >= 11 is 0. The molecule has 154 valence electrons. The number of carbonyl (C=O) groups is 1. The van der Waals surface area contributed by atoms with Gasteiger partial charge in [0, 0.05) is 19.2 Å². The lowest BCUT2D eigenvalue weighted by Crippen LogP contribution is -2.32. The summed E-state index contributed by atoms with van der Waals surface area (Å²) < 4.78 is 2.08. The van der Waals surface area contributed by atoms with Crippen LogP contribution in [0.3, 0.4) is 0 Å². The van der Waals surface area contributed by atoms with E-state index in [4.69, 9.17) is 4.98 Å². The molecule has 4 aromatic rings. The number of para-hydroxylation sites is 2. The summed E-state index contributed by atoms with van der Waals surface area (Å²) in [6.45, 7) is 3.96. The molecule has 0 aliphatic carbocycles. The molecule has 0 unspecified atom stereocenters. The summed E-state index contributed by atoms with van der Waals surface area (Å²) in [6, 6.07) is 18.1. The van der Waals surface area contributed by atoms with Crippen molar-refractivity contribution < 1.29 is 4.79 Å². The van der Waals surface area contributed by atoms with Gasteiger partial charge < -0.3 is 9.88 Å². The predicted octanol–water partition coefficient (Wildman–Crippen LogP) is 3.95. The summed E-state index contributed by atoms with van der Waals surface area (Å²) in [6.07, 6.45) is 1.77. The molecule has 2 N–H and O–H groups in total. The van der Waals surface area contributed by atoms with Crippen LogP contribution in [0.4, 0.5) is 0 Å². The van der Waals surface area contributed by atoms with E-state index in [9.17, 15) is 4.79 Å². The first-order valence-electron chi connectivity index (χ1n) is 10.3. The smallest absolute Gasteiger partial charge is 0.220 e. The summed E-state index contributed by atoms with van der Waals surface area (Å²) in [7, 11) is 2.01. The third kappa shape index (κ3) is 4.13. The molecule has 0 aliphatic rings. The van der Waals surface area contributed by atoms with Gasteiger partial charge in [0.1, 0.15) is 5.82 Å². The fourth-order valence-corrected chi connectivity index (χ4v) is 3.98. The maximum absolute atomic E-state index is 12.9. The van der Waals surface area contributed by atoms with Crippen LogP contribution >= 0.6 is 0 Å². The Morgan fingerprint density at radius 3 is 2.53 bits per heavy atom. The number of aryl methyl sites for hydroxylation is 3. The van der Waals surface area contributed by atoms with Crippen LogP contribution in [0, 0.1) is 13.8 Å². The fraction of sp³-hybridized carbons (Fsp3) is 0.292. The zero-order chi connectivity index (χ0) is 21.1. The molecule has 4 rings (SSSR count). The second kappa shape index (κ2) is 8.53. The molecule has 2 heterocycles. The predicted molar refractivity (Wildman–Crippen MR) is 118 cm³/mol. The standard InChI is InChI=1S/C24H27N5O/c1-16-19(17(2)28-27-16)13-14-23(30)25-21(15-18-9-5-4-6-10-18)24-26-20-11-7-8-12-22(20)29(24)3/h4-12,21H,13-15H2,1-3H3,(H,25,30)(H,27,28)/t21-/m1/s1. The lowest BCUT2D eigenvalue weighted by atomic mass is 10.0. The number of carbonyl (C=O) groups excluding carboxylic acids is 1. The highest BCUT2D eigenvalue weighted by Gasteiger charge is 2.21. The number of nitrogens with one attached hydrogen (secondary N) is 2. The third-order valence-electron chi connectivity index (χ3n) is 5.63. The van der Waals surface area contributed by atoms with Gasteiger partial charge in [-0.05, 0) is 49.9 Å². The van der Waals surface area contributed by atoms with Crippen LogP contribution in [0.25, 0.3) is 11.0 Å². The number of H-pyrrole nitrogens is 1. The molecule has 0 saturated heterocycles. The lowest BCUT2D eigenvalue weighted by molar-refractivity contribution is -0.121. The topological polar surface area (TPSA) is 75.6 Å². The van der Waals surface area contributed by atoms with Crippen LogP contribution in [-0.4, -0.2) is 25.7 Å². The molecule has 0 bridgehead atoms. The monoisotopic (exact) mass is 401 g/mol. The van der Waals surface area contributed by atoms with Crippen LogP contribution in [0.1, 0.15) is 40.8 Å². The molecule has 0 aliphatic heterocycles. The Balaban J connectivity index is 1.57. The first kappa shape index (κ1) is 19.9. The van der Waals surface area contributed by atoms with Crippen molar-refractivity contribution in [1.29, 1.82) is 0 Å². The Hall–Kier alpha value is -3.41. The minimum Gasteiger partial charge on any atom is -0.346 e. The molecule has 6 heteroatoms. The quantitative estimate of drug-likeness (QED) is 0.492. The Bertz CT molecular complexity index is 1140. The summed E-state index contributed by atoms with van der Waals surface area (Å²) in [4.78, 5) is 17.7. The molecule has 0 spiro atoms. The maximum atomic E-state index is 12.9. The Kier molecular flexibility index (Phi) is 5.65. The summed E-state index contributed by atoms with van der Waals surface area (Å²) in [5, 5.41) is 10.4. The van der Waals surface area contributed by atoms with Crippen molar-refractivity contribution in [3.05, 3.63) is 82.9 Å². The molecular weight excluding hydrogens is 374 g/mol. The van der Waals surface area contributed by atoms with Crippen molar-refractivity contribution in [3.8, 4) is 0 Å². The van der Waals surface area contributed by atoms with Crippen molar-refractivity contribution >= 4 is 16.9 Å². The maximum Gasteiger partial charge on any atom is 0.220 e. The number of amides is 1. The zero-order valence-corrected chi connectivity index (χ0v) is 17.6. The number of imidazole rings is 1. The molecule has 0 fully saturated rings. The SMILES string of the molecule is Cc1n[nH]c(C)c1CCC(=O)N[C@H](Cc1ccccc1)c1nc2ccccc2n1C. The largest absolute Gasteiger partial charge is 0.346 e. The van der Waals surface area contributed by atoms with Gasteiger partial charge in [0.25, 0.3) is 0 Å². The first-order valence-corrected chi connectivity index (χ1v) is 10.3. The van der Waals surface area contributed by atoms with Crippen molar-refractivity contribution in [3.63, 3.8) is 0 Å². The molecule has 1 atom stereocenters. The van der Waals surface area contributed by atoms with Gasteiger partial charge in [-0.25, -0.2) is 4.98 Å². The van der Waals surface area contributed by atoms with E-state index in [1.165, 1.54) is 0 Å². The van der Waals surface area contributed by atoms with E-state index in [1.54, 1.807) is 0 Å². The van der Waals surface area contributed by atoms with Crippen molar-refractivity contribution in [2.24, 2.45) is 7.05 Å². The van der Waals surface area contributed by atoms with Crippen LogP contribution in [0.2, 0.25) is 0 Å². The normalized spacial score (nSPS) is 12.2. The van der Waals surface area contributed by atoms with Crippen LogP contribution < -0.4 is 5.32 Å². The van der Waals surface area contributed by atoms with Crippen molar-refractivity contribution in [2.75, 3.05) is 0 Å². The van der Waals surface area contributed by atoms with E-state index < -0.39 is 0 Å².